The highest BCUT2D eigenvalue weighted by molar-refractivity contribution is 5.83. The van der Waals surface area contributed by atoms with Gasteiger partial charge in [-0.2, -0.15) is 5.26 Å². The molecule has 1 aromatic carbocycles. The molecule has 0 atom stereocenters. The lowest BCUT2D eigenvalue weighted by Crippen LogP contribution is -2.20. The summed E-state index contributed by atoms with van der Waals surface area (Å²) in [6, 6.07) is 9.34. The number of hydrogen-bond donors (Lipinski definition) is 0. The Morgan fingerprint density at radius 2 is 2.13 bits per heavy atom. The number of para-hydroxylation sites is 1. The van der Waals surface area contributed by atoms with Crippen molar-refractivity contribution < 1.29 is 0 Å². The van der Waals surface area contributed by atoms with Gasteiger partial charge < -0.3 is 4.57 Å². The van der Waals surface area contributed by atoms with E-state index in [0.29, 0.717) is 0 Å². The number of hydrogen-bond acceptors (Lipinski definition) is 2. The Bertz CT molecular complexity index is 632. The minimum atomic E-state index is -0.237. The molecule has 1 aromatic heterocycles. The molecule has 0 unspecified atom stereocenters. The molecular weight excluding hydrogens is 188 g/mol. The third kappa shape index (κ3) is 1.31. The molecule has 0 radical (unpaired) electrons. The van der Waals surface area contributed by atoms with Crippen molar-refractivity contribution in [2.24, 2.45) is 7.05 Å². The second-order valence-corrected chi connectivity index (χ2v) is 3.55. The molecule has 0 amide bonds. The molecule has 3 heteroatoms. The number of rotatable bonds is 0. The predicted molar refractivity (Wildman–Crippen MR) is 58.6 cm³/mol. The van der Waals surface area contributed by atoms with Gasteiger partial charge >= 0.3 is 0 Å². The standard InChI is InChI=1S/C12H10N2O/c1-8-4-3-5-9-6-10(7-13)12(15)14(2)11(8)9/h3-6H,1-2H3. The van der Waals surface area contributed by atoms with Crippen LogP contribution in [0.25, 0.3) is 10.9 Å². The zero-order chi connectivity index (χ0) is 11.0. The number of aromatic nitrogens is 1. The maximum Gasteiger partial charge on any atom is 0.268 e. The molecule has 0 aliphatic carbocycles. The Balaban J connectivity index is 3.06. The fourth-order valence-corrected chi connectivity index (χ4v) is 1.84. The number of pyridine rings is 1. The van der Waals surface area contributed by atoms with Gasteiger partial charge in [0.1, 0.15) is 11.6 Å². The van der Waals surface area contributed by atoms with E-state index in [1.165, 1.54) is 4.57 Å². The maximum atomic E-state index is 11.7. The van der Waals surface area contributed by atoms with Crippen molar-refractivity contribution in [3.63, 3.8) is 0 Å². The monoisotopic (exact) mass is 198 g/mol. The molecule has 0 N–H and O–H groups in total. The van der Waals surface area contributed by atoms with E-state index in [1.807, 2.05) is 31.2 Å². The van der Waals surface area contributed by atoms with Gasteiger partial charge in [-0.3, -0.25) is 4.79 Å². The van der Waals surface area contributed by atoms with E-state index in [-0.39, 0.29) is 11.1 Å². The van der Waals surface area contributed by atoms with Crippen LogP contribution in [0.4, 0.5) is 0 Å². The first-order valence-corrected chi connectivity index (χ1v) is 4.64. The van der Waals surface area contributed by atoms with Crippen LogP contribution in [0.3, 0.4) is 0 Å². The number of nitriles is 1. The summed E-state index contributed by atoms with van der Waals surface area (Å²) in [4.78, 5) is 11.7. The largest absolute Gasteiger partial charge is 0.310 e. The SMILES string of the molecule is Cc1cccc2cc(C#N)c(=O)n(C)c12. The van der Waals surface area contributed by atoms with Crippen LogP contribution >= 0.6 is 0 Å². The Morgan fingerprint density at radius 3 is 2.80 bits per heavy atom. The van der Waals surface area contributed by atoms with Crippen molar-refractivity contribution in [1.29, 1.82) is 5.26 Å². The minimum absolute atomic E-state index is 0.190. The van der Waals surface area contributed by atoms with Crippen LogP contribution in [-0.2, 0) is 7.05 Å². The summed E-state index contributed by atoms with van der Waals surface area (Å²) < 4.78 is 1.53. The highest BCUT2D eigenvalue weighted by atomic mass is 16.1. The second-order valence-electron chi connectivity index (χ2n) is 3.55. The van der Waals surface area contributed by atoms with Crippen LogP contribution in [0.2, 0.25) is 0 Å². The fourth-order valence-electron chi connectivity index (χ4n) is 1.84. The molecule has 1 heterocycles. The van der Waals surface area contributed by atoms with Crippen LogP contribution in [0.1, 0.15) is 11.1 Å². The molecule has 2 rings (SSSR count). The molecule has 2 aromatic rings. The molecule has 0 saturated heterocycles. The molecular formula is C12H10N2O. The fraction of sp³-hybridized carbons (Fsp3) is 0.167. The lowest BCUT2D eigenvalue weighted by Gasteiger charge is -2.07. The van der Waals surface area contributed by atoms with E-state index >= 15 is 0 Å². The number of nitrogens with zero attached hydrogens (tertiary/aromatic N) is 2. The third-order valence-electron chi connectivity index (χ3n) is 2.56. The van der Waals surface area contributed by atoms with E-state index in [4.69, 9.17) is 5.26 Å². The van der Waals surface area contributed by atoms with Gasteiger partial charge in [0.05, 0.1) is 5.52 Å². The van der Waals surface area contributed by atoms with Crippen molar-refractivity contribution in [3.05, 3.63) is 45.7 Å². The van der Waals surface area contributed by atoms with Crippen molar-refractivity contribution in [3.8, 4) is 6.07 Å². The first-order chi connectivity index (χ1) is 7.15. The molecule has 15 heavy (non-hydrogen) atoms. The van der Waals surface area contributed by atoms with Gasteiger partial charge in [-0.15, -0.1) is 0 Å². The maximum absolute atomic E-state index is 11.7. The molecule has 0 bridgehead atoms. The summed E-state index contributed by atoms with van der Waals surface area (Å²) in [5.41, 5.74) is 1.88. The molecule has 0 saturated carbocycles. The highest BCUT2D eigenvalue weighted by Crippen LogP contribution is 2.16. The van der Waals surface area contributed by atoms with Gasteiger partial charge in [-0.25, -0.2) is 0 Å². The summed E-state index contributed by atoms with van der Waals surface area (Å²) >= 11 is 0. The number of fused-ring (bicyclic) bond motifs is 1. The third-order valence-corrected chi connectivity index (χ3v) is 2.56. The molecule has 0 aliphatic heterocycles. The first-order valence-electron chi connectivity index (χ1n) is 4.64. The van der Waals surface area contributed by atoms with Crippen LogP contribution in [-0.4, -0.2) is 4.57 Å². The van der Waals surface area contributed by atoms with E-state index in [0.717, 1.165) is 16.5 Å². The number of benzene rings is 1. The Labute approximate surface area is 87.2 Å². The zero-order valence-electron chi connectivity index (χ0n) is 8.61. The van der Waals surface area contributed by atoms with Crippen LogP contribution in [0, 0.1) is 18.3 Å². The van der Waals surface area contributed by atoms with E-state index < -0.39 is 0 Å². The van der Waals surface area contributed by atoms with Gasteiger partial charge in [0, 0.05) is 12.4 Å². The van der Waals surface area contributed by atoms with Gasteiger partial charge in [0.2, 0.25) is 0 Å². The summed E-state index contributed by atoms with van der Waals surface area (Å²) in [6.07, 6.45) is 0. The van der Waals surface area contributed by atoms with Crippen molar-refractivity contribution in [2.45, 2.75) is 6.92 Å². The minimum Gasteiger partial charge on any atom is -0.310 e. The molecule has 0 spiro atoms. The number of aryl methyl sites for hydroxylation is 2. The zero-order valence-corrected chi connectivity index (χ0v) is 8.61. The smallest absolute Gasteiger partial charge is 0.268 e. The summed E-state index contributed by atoms with van der Waals surface area (Å²) in [6.45, 7) is 1.95. The summed E-state index contributed by atoms with van der Waals surface area (Å²) in [7, 11) is 1.69. The molecule has 0 fully saturated rings. The van der Waals surface area contributed by atoms with Gasteiger partial charge in [0.25, 0.3) is 5.56 Å². The van der Waals surface area contributed by atoms with Crippen molar-refractivity contribution in [2.75, 3.05) is 0 Å². The Kier molecular flexibility index (Phi) is 2.05. The van der Waals surface area contributed by atoms with Gasteiger partial charge in [0.15, 0.2) is 0 Å². The second kappa shape index (κ2) is 3.25. The highest BCUT2D eigenvalue weighted by Gasteiger charge is 2.06. The summed E-state index contributed by atoms with van der Waals surface area (Å²) in [5, 5.41) is 9.73. The average Bonchev–Trinajstić information content (AvgIpc) is 2.23. The lowest BCUT2D eigenvalue weighted by molar-refractivity contribution is 0.897. The van der Waals surface area contributed by atoms with Crippen LogP contribution in [0.15, 0.2) is 29.1 Å². The predicted octanol–water partition coefficient (Wildman–Crippen LogP) is 1.72. The Morgan fingerprint density at radius 1 is 1.40 bits per heavy atom. The van der Waals surface area contributed by atoms with Crippen LogP contribution < -0.4 is 5.56 Å². The van der Waals surface area contributed by atoms with E-state index in [2.05, 4.69) is 0 Å². The molecule has 3 nitrogen and oxygen atoms in total. The molecule has 0 aliphatic rings. The lowest BCUT2D eigenvalue weighted by atomic mass is 10.1. The topological polar surface area (TPSA) is 45.8 Å². The van der Waals surface area contributed by atoms with Gasteiger partial charge in [-0.1, -0.05) is 18.2 Å². The molecule has 74 valence electrons. The quantitative estimate of drug-likeness (QED) is 0.647. The van der Waals surface area contributed by atoms with E-state index in [1.54, 1.807) is 13.1 Å². The average molecular weight is 198 g/mol. The Hall–Kier alpha value is -2.08. The van der Waals surface area contributed by atoms with Crippen LogP contribution in [0.5, 0.6) is 0 Å². The van der Waals surface area contributed by atoms with Crippen molar-refractivity contribution in [1.82, 2.24) is 4.57 Å². The van der Waals surface area contributed by atoms with Crippen molar-refractivity contribution >= 4 is 10.9 Å². The van der Waals surface area contributed by atoms with Gasteiger partial charge in [-0.05, 0) is 18.6 Å². The normalized spacial score (nSPS) is 10.2. The first kappa shape index (κ1) is 9.47. The summed E-state index contributed by atoms with van der Waals surface area (Å²) in [5.74, 6) is 0. The van der Waals surface area contributed by atoms with E-state index in [9.17, 15) is 4.79 Å².